The first-order valence-electron chi connectivity index (χ1n) is 6.39. The second-order valence-corrected chi connectivity index (χ2v) is 5.99. The molecule has 1 aliphatic heterocycles. The van der Waals surface area contributed by atoms with Gasteiger partial charge in [-0.15, -0.1) is 0 Å². The molecule has 4 heteroatoms. The van der Waals surface area contributed by atoms with Crippen molar-refractivity contribution >= 4 is 5.91 Å². The van der Waals surface area contributed by atoms with Crippen LogP contribution in [-0.2, 0) is 9.53 Å². The Hall–Kier alpha value is -0.610. The first kappa shape index (κ1) is 14.5. The highest BCUT2D eigenvalue weighted by atomic mass is 16.5. The van der Waals surface area contributed by atoms with Gasteiger partial charge < -0.3 is 15.4 Å². The molecule has 0 spiro atoms. The summed E-state index contributed by atoms with van der Waals surface area (Å²) in [5.74, 6) is 0.777. The van der Waals surface area contributed by atoms with Gasteiger partial charge in [-0.05, 0) is 17.8 Å². The summed E-state index contributed by atoms with van der Waals surface area (Å²) >= 11 is 0. The van der Waals surface area contributed by atoms with Gasteiger partial charge in [-0.25, -0.2) is 0 Å². The molecule has 0 saturated carbocycles. The van der Waals surface area contributed by atoms with Crippen LogP contribution in [0.1, 0.15) is 33.6 Å². The van der Waals surface area contributed by atoms with E-state index in [0.717, 1.165) is 19.5 Å². The molecule has 0 radical (unpaired) electrons. The number of carbonyl (C=O) groups is 1. The van der Waals surface area contributed by atoms with E-state index in [-0.39, 0.29) is 17.4 Å². The predicted molar refractivity (Wildman–Crippen MR) is 68.6 cm³/mol. The summed E-state index contributed by atoms with van der Waals surface area (Å²) in [6.45, 7) is 8.88. The summed E-state index contributed by atoms with van der Waals surface area (Å²) in [7, 11) is 1.60. The number of ether oxygens (including phenoxy) is 1. The third-order valence-electron chi connectivity index (χ3n) is 3.76. The van der Waals surface area contributed by atoms with Crippen LogP contribution in [0.2, 0.25) is 0 Å². The van der Waals surface area contributed by atoms with Gasteiger partial charge in [0.15, 0.2) is 0 Å². The lowest BCUT2D eigenvalue weighted by Crippen LogP contribution is -2.35. The molecule has 1 amide bonds. The summed E-state index contributed by atoms with van der Waals surface area (Å²) in [6.07, 6.45) is 1.37. The zero-order chi connectivity index (χ0) is 13.1. The van der Waals surface area contributed by atoms with E-state index in [1.807, 2.05) is 4.90 Å². The van der Waals surface area contributed by atoms with Gasteiger partial charge >= 0.3 is 0 Å². The van der Waals surface area contributed by atoms with Crippen LogP contribution in [0.25, 0.3) is 0 Å². The van der Waals surface area contributed by atoms with Crippen LogP contribution >= 0.6 is 0 Å². The maximum absolute atomic E-state index is 12.0. The molecule has 0 bridgehead atoms. The maximum Gasteiger partial charge on any atom is 0.225 e. The molecule has 0 aliphatic carbocycles. The largest absolute Gasteiger partial charge is 0.380 e. The van der Waals surface area contributed by atoms with Gasteiger partial charge in [-0.3, -0.25) is 4.79 Å². The Morgan fingerprint density at radius 1 is 1.53 bits per heavy atom. The zero-order valence-corrected chi connectivity index (χ0v) is 11.5. The molecular formula is C13H26N2O2. The van der Waals surface area contributed by atoms with E-state index in [4.69, 9.17) is 10.5 Å². The number of hydrogen-bond acceptors (Lipinski definition) is 3. The minimum Gasteiger partial charge on any atom is -0.380 e. The summed E-state index contributed by atoms with van der Waals surface area (Å²) in [6, 6.07) is 0. The molecule has 2 N–H and O–H groups in total. The number of rotatable bonds is 4. The fourth-order valence-electron chi connectivity index (χ4n) is 2.28. The number of carbonyl (C=O) groups excluding carboxylic acids is 1. The molecule has 0 aromatic heterocycles. The molecule has 0 aromatic carbocycles. The van der Waals surface area contributed by atoms with Gasteiger partial charge in [-0.2, -0.15) is 0 Å². The number of amides is 1. The molecule has 1 rings (SSSR count). The molecule has 2 unspecified atom stereocenters. The van der Waals surface area contributed by atoms with Crippen molar-refractivity contribution in [1.29, 1.82) is 0 Å². The Kier molecular flexibility index (Phi) is 4.95. The quantitative estimate of drug-likeness (QED) is 0.807. The fourth-order valence-corrected chi connectivity index (χ4v) is 2.28. The van der Waals surface area contributed by atoms with Crippen LogP contribution in [0.3, 0.4) is 0 Å². The van der Waals surface area contributed by atoms with E-state index in [1.165, 1.54) is 0 Å². The number of nitrogens with two attached hydrogens (primary N) is 1. The van der Waals surface area contributed by atoms with Gasteiger partial charge in [0.2, 0.25) is 5.91 Å². The van der Waals surface area contributed by atoms with E-state index in [0.29, 0.717) is 18.9 Å². The Labute approximate surface area is 104 Å². The Balaban J connectivity index is 2.45. The number of hydrogen-bond donors (Lipinski definition) is 1. The van der Waals surface area contributed by atoms with Crippen LogP contribution in [0.4, 0.5) is 0 Å². The Morgan fingerprint density at radius 2 is 2.18 bits per heavy atom. The molecule has 2 atom stereocenters. The molecular weight excluding hydrogens is 216 g/mol. The highest BCUT2D eigenvalue weighted by molar-refractivity contribution is 5.77. The first-order valence-corrected chi connectivity index (χ1v) is 6.39. The third-order valence-corrected chi connectivity index (χ3v) is 3.76. The Morgan fingerprint density at radius 3 is 2.59 bits per heavy atom. The van der Waals surface area contributed by atoms with E-state index < -0.39 is 0 Å². The van der Waals surface area contributed by atoms with E-state index in [2.05, 4.69) is 20.8 Å². The topological polar surface area (TPSA) is 55.6 Å². The third kappa shape index (κ3) is 3.96. The second kappa shape index (κ2) is 5.83. The molecule has 4 nitrogen and oxygen atoms in total. The highest BCUT2D eigenvalue weighted by Crippen LogP contribution is 2.33. The van der Waals surface area contributed by atoms with E-state index >= 15 is 0 Å². The summed E-state index contributed by atoms with van der Waals surface area (Å²) < 4.78 is 5.15. The SMILES string of the molecule is COC(CN)CC(=O)N1CCC(C(C)(C)C)C1. The molecule has 0 aromatic rings. The lowest BCUT2D eigenvalue weighted by Gasteiger charge is -2.27. The molecule has 100 valence electrons. The van der Waals surface area contributed by atoms with Gasteiger partial charge in [0, 0.05) is 26.7 Å². The number of methoxy groups -OCH3 is 1. The standard InChI is InChI=1S/C13H26N2O2/c1-13(2,3)10-5-6-15(9-10)12(16)7-11(8-14)17-4/h10-11H,5-9,14H2,1-4H3. The van der Waals surface area contributed by atoms with E-state index in [1.54, 1.807) is 7.11 Å². The fraction of sp³-hybridized carbons (Fsp3) is 0.923. The van der Waals surface area contributed by atoms with Gasteiger partial charge in [0.25, 0.3) is 0 Å². The molecule has 1 fully saturated rings. The van der Waals surface area contributed by atoms with Crippen LogP contribution in [-0.4, -0.2) is 43.7 Å². The van der Waals surface area contributed by atoms with Crippen molar-refractivity contribution in [3.63, 3.8) is 0 Å². The molecule has 1 aliphatic rings. The van der Waals surface area contributed by atoms with Crippen LogP contribution in [0.5, 0.6) is 0 Å². The summed E-state index contributed by atoms with van der Waals surface area (Å²) in [5.41, 5.74) is 5.81. The zero-order valence-electron chi connectivity index (χ0n) is 11.5. The van der Waals surface area contributed by atoms with Crippen molar-refractivity contribution in [3.05, 3.63) is 0 Å². The maximum atomic E-state index is 12.0. The second-order valence-electron chi connectivity index (χ2n) is 5.99. The minimum absolute atomic E-state index is 0.142. The van der Waals surface area contributed by atoms with Crippen molar-refractivity contribution in [2.24, 2.45) is 17.1 Å². The normalized spacial score (nSPS) is 22.9. The average molecular weight is 242 g/mol. The van der Waals surface area contributed by atoms with Crippen LogP contribution in [0.15, 0.2) is 0 Å². The minimum atomic E-state index is -0.142. The number of likely N-dealkylation sites (tertiary alicyclic amines) is 1. The van der Waals surface area contributed by atoms with Crippen molar-refractivity contribution in [2.75, 3.05) is 26.7 Å². The van der Waals surface area contributed by atoms with Gasteiger partial charge in [0.05, 0.1) is 12.5 Å². The lowest BCUT2D eigenvalue weighted by atomic mass is 9.80. The van der Waals surface area contributed by atoms with Crippen molar-refractivity contribution < 1.29 is 9.53 Å². The highest BCUT2D eigenvalue weighted by Gasteiger charge is 2.34. The van der Waals surface area contributed by atoms with Gasteiger partial charge in [0.1, 0.15) is 0 Å². The predicted octanol–water partition coefficient (Wildman–Crippen LogP) is 1.24. The van der Waals surface area contributed by atoms with E-state index in [9.17, 15) is 4.79 Å². The molecule has 17 heavy (non-hydrogen) atoms. The lowest BCUT2D eigenvalue weighted by molar-refractivity contribution is -0.132. The van der Waals surface area contributed by atoms with Crippen molar-refractivity contribution in [2.45, 2.75) is 39.7 Å². The van der Waals surface area contributed by atoms with Crippen LogP contribution in [0, 0.1) is 11.3 Å². The van der Waals surface area contributed by atoms with Crippen molar-refractivity contribution in [3.8, 4) is 0 Å². The monoisotopic (exact) mass is 242 g/mol. The van der Waals surface area contributed by atoms with Crippen LogP contribution < -0.4 is 5.73 Å². The molecule has 1 saturated heterocycles. The summed E-state index contributed by atoms with van der Waals surface area (Å²) in [5, 5.41) is 0. The van der Waals surface area contributed by atoms with Crippen molar-refractivity contribution in [1.82, 2.24) is 4.90 Å². The average Bonchev–Trinajstić information content (AvgIpc) is 2.74. The van der Waals surface area contributed by atoms with Gasteiger partial charge in [-0.1, -0.05) is 20.8 Å². The molecule has 1 heterocycles. The smallest absolute Gasteiger partial charge is 0.225 e. The first-order chi connectivity index (χ1) is 7.88. The Bertz CT molecular complexity index is 257. The summed E-state index contributed by atoms with van der Waals surface area (Å²) in [4.78, 5) is 14.0. The number of nitrogens with zero attached hydrogens (tertiary/aromatic N) is 1.